The Balaban J connectivity index is 2.63. The summed E-state index contributed by atoms with van der Waals surface area (Å²) in [7, 11) is 0. The fraction of sp³-hybridized carbons (Fsp3) is 0.500. The van der Waals surface area contributed by atoms with E-state index in [9.17, 15) is 4.79 Å². The number of hydrogen-bond donors (Lipinski definition) is 0. The maximum absolute atomic E-state index is 11.6. The van der Waals surface area contributed by atoms with Gasteiger partial charge in [0.05, 0.1) is 5.69 Å². The molecule has 1 aliphatic rings. The summed E-state index contributed by atoms with van der Waals surface area (Å²) in [4.78, 5) is 16.0. The van der Waals surface area contributed by atoms with Gasteiger partial charge in [0, 0.05) is 24.5 Å². The minimum Gasteiger partial charge on any atom is -0.299 e. The molecular weight excluding hydrogens is 174 g/mol. The normalized spacial score (nSPS) is 19.2. The molecule has 1 aromatic heterocycles. The van der Waals surface area contributed by atoms with Gasteiger partial charge in [-0.15, -0.1) is 0 Å². The van der Waals surface area contributed by atoms with Crippen LogP contribution in [0.25, 0.3) is 0 Å². The Morgan fingerprint density at radius 1 is 1.43 bits per heavy atom. The van der Waals surface area contributed by atoms with E-state index in [-0.39, 0.29) is 5.41 Å². The summed E-state index contributed by atoms with van der Waals surface area (Å²) in [6.07, 6.45) is 3.03. The Bertz CT molecular complexity index is 393. The van der Waals surface area contributed by atoms with Gasteiger partial charge in [0.25, 0.3) is 0 Å². The number of nitrogens with zero attached hydrogens (tertiary/aromatic N) is 1. The van der Waals surface area contributed by atoms with Gasteiger partial charge in [-0.25, -0.2) is 0 Å². The molecule has 2 nitrogen and oxygen atoms in total. The van der Waals surface area contributed by atoms with Gasteiger partial charge in [0.2, 0.25) is 0 Å². The first-order valence-corrected chi connectivity index (χ1v) is 4.97. The number of carbonyl (C=O) groups is 1. The second kappa shape index (κ2) is 2.91. The minimum atomic E-state index is -0.0866. The highest BCUT2D eigenvalue weighted by Crippen LogP contribution is 2.34. The average Bonchev–Trinajstić information content (AvgIpc) is 2.05. The molecule has 0 aliphatic heterocycles. The number of fused-ring (bicyclic) bond motifs is 1. The third-order valence-corrected chi connectivity index (χ3v) is 2.94. The van der Waals surface area contributed by atoms with Crippen LogP contribution in [0.2, 0.25) is 0 Å². The fourth-order valence-corrected chi connectivity index (χ4v) is 2.23. The molecule has 0 N–H and O–H groups in total. The molecule has 1 aliphatic carbocycles. The van der Waals surface area contributed by atoms with E-state index in [2.05, 4.69) is 25.8 Å². The molecule has 0 saturated heterocycles. The van der Waals surface area contributed by atoms with Crippen molar-refractivity contribution in [2.45, 2.75) is 39.0 Å². The van der Waals surface area contributed by atoms with Crippen molar-refractivity contribution in [3.63, 3.8) is 0 Å². The van der Waals surface area contributed by atoms with Gasteiger partial charge in [-0.1, -0.05) is 13.8 Å². The smallest absolute Gasteiger partial charge is 0.138 e. The van der Waals surface area contributed by atoms with Crippen molar-refractivity contribution >= 4 is 5.78 Å². The fourth-order valence-electron chi connectivity index (χ4n) is 2.23. The monoisotopic (exact) mass is 189 g/mol. The zero-order chi connectivity index (χ0) is 10.3. The van der Waals surface area contributed by atoms with Gasteiger partial charge in [-0.05, 0) is 24.1 Å². The third kappa shape index (κ3) is 1.35. The highest BCUT2D eigenvalue weighted by Gasteiger charge is 2.33. The molecular formula is C12H15NO. The second-order valence-corrected chi connectivity index (χ2v) is 4.73. The zero-order valence-electron chi connectivity index (χ0n) is 8.92. The maximum Gasteiger partial charge on any atom is 0.138 e. The lowest BCUT2D eigenvalue weighted by molar-refractivity contribution is -0.120. The van der Waals surface area contributed by atoms with Crippen LogP contribution in [0.3, 0.4) is 0 Å². The van der Waals surface area contributed by atoms with Crippen molar-refractivity contribution in [2.24, 2.45) is 0 Å². The Morgan fingerprint density at radius 3 is 2.86 bits per heavy atom. The first-order chi connectivity index (χ1) is 6.50. The number of Topliss-reactive ketones (excluding diaryl/α,β-unsaturated/α-hetero) is 1. The first kappa shape index (κ1) is 9.38. The van der Waals surface area contributed by atoms with Gasteiger partial charge in [0.15, 0.2) is 0 Å². The summed E-state index contributed by atoms with van der Waals surface area (Å²) < 4.78 is 0. The molecule has 1 heterocycles. The number of carbonyl (C=O) groups excluding carboxylic acids is 1. The summed E-state index contributed by atoms with van der Waals surface area (Å²) >= 11 is 0. The molecule has 0 spiro atoms. The van der Waals surface area contributed by atoms with E-state index in [1.54, 1.807) is 0 Å². The molecule has 0 amide bonds. The molecule has 1 aromatic rings. The predicted molar refractivity (Wildman–Crippen MR) is 55.3 cm³/mol. The van der Waals surface area contributed by atoms with Crippen LogP contribution in [-0.2, 0) is 16.6 Å². The Labute approximate surface area is 84.4 Å². The van der Waals surface area contributed by atoms with E-state index < -0.39 is 0 Å². The van der Waals surface area contributed by atoms with E-state index in [1.165, 1.54) is 5.56 Å². The van der Waals surface area contributed by atoms with Crippen molar-refractivity contribution < 1.29 is 4.79 Å². The highest BCUT2D eigenvalue weighted by molar-refractivity contribution is 5.84. The van der Waals surface area contributed by atoms with Crippen molar-refractivity contribution in [1.29, 1.82) is 0 Å². The SMILES string of the molecule is Cc1ccnc2c1CC(=O)CC2(C)C. The number of hydrogen-bond acceptors (Lipinski definition) is 2. The number of pyridine rings is 1. The van der Waals surface area contributed by atoms with Crippen LogP contribution in [0.5, 0.6) is 0 Å². The van der Waals surface area contributed by atoms with Gasteiger partial charge in [-0.2, -0.15) is 0 Å². The van der Waals surface area contributed by atoms with E-state index in [4.69, 9.17) is 0 Å². The van der Waals surface area contributed by atoms with Crippen molar-refractivity contribution in [3.8, 4) is 0 Å². The van der Waals surface area contributed by atoms with Crippen LogP contribution in [0, 0.1) is 6.92 Å². The van der Waals surface area contributed by atoms with E-state index in [1.807, 2.05) is 12.3 Å². The molecule has 0 unspecified atom stereocenters. The Hall–Kier alpha value is -1.18. The van der Waals surface area contributed by atoms with Crippen LogP contribution in [0.4, 0.5) is 0 Å². The van der Waals surface area contributed by atoms with Crippen molar-refractivity contribution in [3.05, 3.63) is 29.1 Å². The highest BCUT2D eigenvalue weighted by atomic mass is 16.1. The summed E-state index contributed by atoms with van der Waals surface area (Å²) in [5.74, 6) is 0.332. The summed E-state index contributed by atoms with van der Waals surface area (Å²) in [5, 5.41) is 0. The van der Waals surface area contributed by atoms with Crippen molar-refractivity contribution in [1.82, 2.24) is 4.98 Å². The number of ketones is 1. The molecule has 0 saturated carbocycles. The molecule has 14 heavy (non-hydrogen) atoms. The van der Waals surface area contributed by atoms with Crippen LogP contribution in [0.15, 0.2) is 12.3 Å². The number of aryl methyl sites for hydroxylation is 1. The largest absolute Gasteiger partial charge is 0.299 e. The summed E-state index contributed by atoms with van der Waals surface area (Å²) in [6, 6.07) is 1.98. The maximum atomic E-state index is 11.6. The summed E-state index contributed by atoms with van der Waals surface area (Å²) in [6.45, 7) is 6.24. The molecule has 0 atom stereocenters. The quantitative estimate of drug-likeness (QED) is 0.626. The molecule has 0 radical (unpaired) electrons. The predicted octanol–water partition coefficient (Wildman–Crippen LogP) is 2.18. The van der Waals surface area contributed by atoms with E-state index in [0.717, 1.165) is 11.3 Å². The molecule has 0 bridgehead atoms. The average molecular weight is 189 g/mol. The zero-order valence-corrected chi connectivity index (χ0v) is 8.92. The molecule has 0 fully saturated rings. The second-order valence-electron chi connectivity index (χ2n) is 4.73. The first-order valence-electron chi connectivity index (χ1n) is 4.97. The van der Waals surface area contributed by atoms with Gasteiger partial charge in [-0.3, -0.25) is 9.78 Å². The molecule has 2 heteroatoms. The van der Waals surface area contributed by atoms with Crippen LogP contribution < -0.4 is 0 Å². The Kier molecular flexibility index (Phi) is 1.95. The van der Waals surface area contributed by atoms with Crippen molar-refractivity contribution in [2.75, 3.05) is 0 Å². The minimum absolute atomic E-state index is 0.0866. The van der Waals surface area contributed by atoms with Gasteiger partial charge < -0.3 is 0 Å². The van der Waals surface area contributed by atoms with Gasteiger partial charge >= 0.3 is 0 Å². The summed E-state index contributed by atoms with van der Waals surface area (Å²) in [5.41, 5.74) is 3.36. The van der Waals surface area contributed by atoms with Crippen LogP contribution >= 0.6 is 0 Å². The number of aromatic nitrogens is 1. The topological polar surface area (TPSA) is 30.0 Å². The lowest BCUT2D eigenvalue weighted by Gasteiger charge is -2.30. The molecule has 2 rings (SSSR count). The van der Waals surface area contributed by atoms with E-state index in [0.29, 0.717) is 18.6 Å². The third-order valence-electron chi connectivity index (χ3n) is 2.94. The van der Waals surface area contributed by atoms with E-state index >= 15 is 0 Å². The molecule has 0 aromatic carbocycles. The van der Waals surface area contributed by atoms with Crippen LogP contribution in [-0.4, -0.2) is 10.8 Å². The van der Waals surface area contributed by atoms with Gasteiger partial charge in [0.1, 0.15) is 5.78 Å². The number of rotatable bonds is 0. The standard InChI is InChI=1S/C12H15NO/c1-8-4-5-13-11-10(8)6-9(14)7-12(11,2)3/h4-5H,6-7H2,1-3H3. The lowest BCUT2D eigenvalue weighted by Crippen LogP contribution is -2.31. The molecule has 74 valence electrons. The lowest BCUT2D eigenvalue weighted by atomic mass is 9.74. The Morgan fingerprint density at radius 2 is 2.14 bits per heavy atom. The van der Waals surface area contributed by atoms with Crippen LogP contribution in [0.1, 0.15) is 37.1 Å².